The van der Waals surface area contributed by atoms with E-state index in [2.05, 4.69) is 10.0 Å². The van der Waals surface area contributed by atoms with Gasteiger partial charge >= 0.3 is 0 Å². The molecule has 0 unspecified atom stereocenters. The highest BCUT2D eigenvalue weighted by Gasteiger charge is 2.29. The van der Waals surface area contributed by atoms with Crippen molar-refractivity contribution in [1.82, 2.24) is 0 Å². The van der Waals surface area contributed by atoms with Crippen LogP contribution in [0.2, 0.25) is 0 Å². The van der Waals surface area contributed by atoms with Crippen LogP contribution in [0.3, 0.4) is 0 Å². The van der Waals surface area contributed by atoms with Crippen LogP contribution in [0, 0.1) is 17.6 Å². The van der Waals surface area contributed by atoms with Crippen molar-refractivity contribution < 1.29 is 22.0 Å². The van der Waals surface area contributed by atoms with Crippen LogP contribution in [-0.4, -0.2) is 14.3 Å². The Morgan fingerprint density at radius 3 is 2.21 bits per heavy atom. The first-order valence-corrected chi connectivity index (χ1v) is 8.72. The van der Waals surface area contributed by atoms with E-state index in [1.807, 2.05) is 0 Å². The predicted molar refractivity (Wildman–Crippen MR) is 85.0 cm³/mol. The topological polar surface area (TPSA) is 75.3 Å². The standard InChI is InChI=1S/C16H14F2N2O3S/c17-11-3-8-15(14(18)9-11)24(22,23)20-13-6-4-12(5-7-13)19-16(21)10-1-2-10/h3-10,20H,1-2H2,(H,19,21). The summed E-state index contributed by atoms with van der Waals surface area (Å²) in [6, 6.07) is 8.21. The molecule has 2 aromatic carbocycles. The second-order valence-corrected chi connectivity index (χ2v) is 7.17. The van der Waals surface area contributed by atoms with Crippen LogP contribution in [0.25, 0.3) is 0 Å². The molecule has 0 radical (unpaired) electrons. The summed E-state index contributed by atoms with van der Waals surface area (Å²) in [5.41, 5.74) is 0.742. The maximum Gasteiger partial charge on any atom is 0.264 e. The van der Waals surface area contributed by atoms with Gasteiger partial charge in [-0.2, -0.15) is 0 Å². The van der Waals surface area contributed by atoms with Gasteiger partial charge in [-0.25, -0.2) is 17.2 Å². The molecule has 0 aromatic heterocycles. The molecule has 0 spiro atoms. The first kappa shape index (κ1) is 16.4. The first-order valence-electron chi connectivity index (χ1n) is 7.24. The first-order chi connectivity index (χ1) is 11.3. The van der Waals surface area contributed by atoms with E-state index in [0.29, 0.717) is 11.8 Å². The van der Waals surface area contributed by atoms with Crippen LogP contribution in [0.4, 0.5) is 20.2 Å². The van der Waals surface area contributed by atoms with Gasteiger partial charge in [0.25, 0.3) is 10.0 Å². The van der Waals surface area contributed by atoms with E-state index in [0.717, 1.165) is 25.0 Å². The van der Waals surface area contributed by atoms with E-state index < -0.39 is 26.6 Å². The number of anilines is 2. The van der Waals surface area contributed by atoms with Crippen LogP contribution in [0.1, 0.15) is 12.8 Å². The van der Waals surface area contributed by atoms with Gasteiger partial charge in [-0.1, -0.05) is 0 Å². The molecule has 1 fully saturated rings. The van der Waals surface area contributed by atoms with Gasteiger partial charge in [0.05, 0.1) is 0 Å². The number of carbonyl (C=O) groups is 1. The Morgan fingerprint density at radius 2 is 1.62 bits per heavy atom. The van der Waals surface area contributed by atoms with Gasteiger partial charge in [-0.3, -0.25) is 9.52 Å². The summed E-state index contributed by atoms with van der Waals surface area (Å²) >= 11 is 0. The lowest BCUT2D eigenvalue weighted by molar-refractivity contribution is -0.117. The smallest absolute Gasteiger partial charge is 0.264 e. The fourth-order valence-corrected chi connectivity index (χ4v) is 3.23. The van der Waals surface area contributed by atoms with Crippen molar-refractivity contribution in [3.63, 3.8) is 0 Å². The molecule has 1 amide bonds. The zero-order valence-electron chi connectivity index (χ0n) is 12.4. The van der Waals surface area contributed by atoms with Crippen molar-refractivity contribution >= 4 is 27.3 Å². The number of amides is 1. The van der Waals surface area contributed by atoms with Crippen molar-refractivity contribution in [3.8, 4) is 0 Å². The molecule has 0 atom stereocenters. The Hall–Kier alpha value is -2.48. The minimum absolute atomic E-state index is 0.0586. The Kier molecular flexibility index (Phi) is 4.23. The molecular weight excluding hydrogens is 338 g/mol. The molecule has 24 heavy (non-hydrogen) atoms. The van der Waals surface area contributed by atoms with Gasteiger partial charge in [-0.15, -0.1) is 0 Å². The highest BCUT2D eigenvalue weighted by molar-refractivity contribution is 7.92. The number of nitrogens with one attached hydrogen (secondary N) is 2. The molecule has 5 nitrogen and oxygen atoms in total. The summed E-state index contributed by atoms with van der Waals surface area (Å²) in [5.74, 6) is -2.03. The lowest BCUT2D eigenvalue weighted by atomic mass is 10.2. The Labute approximate surface area is 137 Å². The molecule has 126 valence electrons. The molecule has 0 heterocycles. The van der Waals surface area contributed by atoms with Crippen molar-refractivity contribution in [3.05, 3.63) is 54.1 Å². The molecule has 0 bridgehead atoms. The summed E-state index contributed by atoms with van der Waals surface area (Å²) < 4.78 is 53.0. The van der Waals surface area contributed by atoms with Crippen LogP contribution < -0.4 is 10.0 Å². The van der Waals surface area contributed by atoms with Crippen LogP contribution in [0.5, 0.6) is 0 Å². The number of rotatable bonds is 5. The monoisotopic (exact) mass is 352 g/mol. The molecular formula is C16H14F2N2O3S. The molecule has 1 saturated carbocycles. The van der Waals surface area contributed by atoms with E-state index in [1.165, 1.54) is 12.1 Å². The molecule has 2 N–H and O–H groups in total. The van der Waals surface area contributed by atoms with Gasteiger partial charge < -0.3 is 5.32 Å². The number of hydrogen-bond acceptors (Lipinski definition) is 3. The average Bonchev–Trinajstić information content (AvgIpc) is 3.33. The normalized spacial score (nSPS) is 14.2. The molecule has 0 saturated heterocycles. The summed E-state index contributed by atoms with van der Waals surface area (Å²) in [5, 5.41) is 2.72. The zero-order chi connectivity index (χ0) is 17.3. The van der Waals surface area contributed by atoms with E-state index in [4.69, 9.17) is 0 Å². The molecule has 1 aliphatic carbocycles. The lowest BCUT2D eigenvalue weighted by Gasteiger charge is -2.10. The highest BCUT2D eigenvalue weighted by atomic mass is 32.2. The van der Waals surface area contributed by atoms with Gasteiger partial charge in [0.2, 0.25) is 5.91 Å². The Bertz CT molecular complexity index is 879. The van der Waals surface area contributed by atoms with E-state index >= 15 is 0 Å². The van der Waals surface area contributed by atoms with Crippen LogP contribution in [0.15, 0.2) is 47.4 Å². The maximum absolute atomic E-state index is 13.6. The number of benzene rings is 2. The molecule has 2 aromatic rings. The minimum atomic E-state index is -4.18. The second-order valence-electron chi connectivity index (χ2n) is 5.52. The summed E-state index contributed by atoms with van der Waals surface area (Å²) in [7, 11) is -4.18. The van der Waals surface area contributed by atoms with Crippen molar-refractivity contribution in [2.75, 3.05) is 10.0 Å². The van der Waals surface area contributed by atoms with Crippen molar-refractivity contribution in [2.24, 2.45) is 5.92 Å². The van der Waals surface area contributed by atoms with Crippen LogP contribution >= 0.6 is 0 Å². The van der Waals surface area contributed by atoms with E-state index in [1.54, 1.807) is 12.1 Å². The summed E-state index contributed by atoms with van der Waals surface area (Å²) in [6.07, 6.45) is 1.76. The van der Waals surface area contributed by atoms with Crippen molar-refractivity contribution in [2.45, 2.75) is 17.7 Å². The third kappa shape index (κ3) is 3.70. The number of carbonyl (C=O) groups excluding carboxylic acids is 1. The number of sulfonamides is 1. The van der Waals surface area contributed by atoms with Crippen LogP contribution in [-0.2, 0) is 14.8 Å². The number of hydrogen-bond donors (Lipinski definition) is 2. The Morgan fingerprint density at radius 1 is 1.00 bits per heavy atom. The fourth-order valence-electron chi connectivity index (χ4n) is 2.11. The minimum Gasteiger partial charge on any atom is -0.326 e. The van der Waals surface area contributed by atoms with Gasteiger partial charge in [0.1, 0.15) is 16.5 Å². The summed E-state index contributed by atoms with van der Waals surface area (Å²) in [4.78, 5) is 11.0. The summed E-state index contributed by atoms with van der Waals surface area (Å²) in [6.45, 7) is 0. The molecule has 0 aliphatic heterocycles. The average molecular weight is 352 g/mol. The third-order valence-electron chi connectivity index (χ3n) is 3.54. The van der Waals surface area contributed by atoms with E-state index in [9.17, 15) is 22.0 Å². The third-order valence-corrected chi connectivity index (χ3v) is 4.95. The number of halogens is 2. The quantitative estimate of drug-likeness (QED) is 0.868. The molecule has 3 rings (SSSR count). The second kappa shape index (κ2) is 6.20. The molecule has 1 aliphatic rings. The van der Waals surface area contributed by atoms with Gasteiger partial charge in [0, 0.05) is 23.4 Å². The molecule has 8 heteroatoms. The Balaban J connectivity index is 1.73. The largest absolute Gasteiger partial charge is 0.326 e. The predicted octanol–water partition coefficient (Wildman–Crippen LogP) is 3.11. The highest BCUT2D eigenvalue weighted by Crippen LogP contribution is 2.30. The van der Waals surface area contributed by atoms with E-state index in [-0.39, 0.29) is 17.5 Å². The van der Waals surface area contributed by atoms with Crippen molar-refractivity contribution in [1.29, 1.82) is 0 Å². The SMILES string of the molecule is O=C(Nc1ccc(NS(=O)(=O)c2ccc(F)cc2F)cc1)C1CC1. The van der Waals surface area contributed by atoms with Gasteiger partial charge in [0.15, 0.2) is 0 Å². The maximum atomic E-state index is 13.6. The lowest BCUT2D eigenvalue weighted by Crippen LogP contribution is -2.15. The van der Waals surface area contributed by atoms with Gasteiger partial charge in [-0.05, 0) is 49.2 Å². The fraction of sp³-hybridized carbons (Fsp3) is 0.188. The zero-order valence-corrected chi connectivity index (χ0v) is 13.2.